The number of benzene rings is 2. The van der Waals surface area contributed by atoms with Crippen LogP contribution in [-0.2, 0) is 9.53 Å². The Hall–Kier alpha value is -3.08. The summed E-state index contributed by atoms with van der Waals surface area (Å²) < 4.78 is 5.03. The highest BCUT2D eigenvalue weighted by molar-refractivity contribution is 5.97. The van der Waals surface area contributed by atoms with Gasteiger partial charge in [-0.3, -0.25) is 4.79 Å². The summed E-state index contributed by atoms with van der Waals surface area (Å²) in [4.78, 5) is 25.7. The van der Waals surface area contributed by atoms with Crippen LogP contribution < -0.4 is 4.90 Å². The maximum absolute atomic E-state index is 12.3. The van der Waals surface area contributed by atoms with Crippen molar-refractivity contribution in [1.82, 2.24) is 0 Å². The smallest absolute Gasteiger partial charge is 0.338 e. The number of anilines is 1. The Morgan fingerprint density at radius 1 is 1.09 bits per heavy atom. The van der Waals surface area contributed by atoms with Crippen LogP contribution in [0, 0.1) is 0 Å². The van der Waals surface area contributed by atoms with Crippen molar-refractivity contribution < 1.29 is 19.4 Å². The van der Waals surface area contributed by atoms with Crippen molar-refractivity contribution in [3.8, 4) is 5.75 Å². The summed E-state index contributed by atoms with van der Waals surface area (Å²) in [5, 5.41) is 9.19. The number of hydrogen-bond donors (Lipinski definition) is 1. The van der Waals surface area contributed by atoms with Crippen LogP contribution in [0.4, 0.5) is 5.69 Å². The number of aromatic hydroxyl groups is 1. The highest BCUT2D eigenvalue weighted by Gasteiger charge is 2.17. The molecule has 0 aromatic heterocycles. The van der Waals surface area contributed by atoms with Crippen LogP contribution in [0.25, 0.3) is 0 Å². The van der Waals surface area contributed by atoms with Crippen LogP contribution in [0.5, 0.6) is 5.75 Å². The molecule has 5 nitrogen and oxygen atoms in total. The Labute approximate surface area is 134 Å². The minimum atomic E-state index is -0.620. The van der Waals surface area contributed by atoms with Crippen molar-refractivity contribution in [3.05, 3.63) is 72.8 Å². The summed E-state index contributed by atoms with van der Waals surface area (Å²) in [6, 6.07) is 14.7. The second kappa shape index (κ2) is 7.79. The van der Waals surface area contributed by atoms with E-state index in [0.29, 0.717) is 12.2 Å². The molecule has 0 spiro atoms. The first-order valence-corrected chi connectivity index (χ1v) is 7.04. The predicted octanol–water partition coefficient (Wildman–Crippen LogP) is 2.77. The first kappa shape index (κ1) is 16.3. The van der Waals surface area contributed by atoms with Crippen LogP contribution in [0.2, 0.25) is 0 Å². The van der Waals surface area contributed by atoms with E-state index >= 15 is 0 Å². The highest BCUT2D eigenvalue weighted by Crippen LogP contribution is 2.14. The van der Waals surface area contributed by atoms with Crippen molar-refractivity contribution in [2.24, 2.45) is 0 Å². The Balaban J connectivity index is 2.00. The number of phenolic OH excluding ortho intramolecular Hbond substituents is 1. The van der Waals surface area contributed by atoms with Crippen molar-refractivity contribution in [2.45, 2.75) is 0 Å². The maximum Gasteiger partial charge on any atom is 0.338 e. The average Bonchev–Trinajstić information content (AvgIpc) is 2.58. The molecule has 0 unspecified atom stereocenters. The molecule has 23 heavy (non-hydrogen) atoms. The lowest BCUT2D eigenvalue weighted by atomic mass is 10.2. The zero-order valence-electron chi connectivity index (χ0n) is 12.5. The van der Waals surface area contributed by atoms with Crippen LogP contribution >= 0.6 is 0 Å². The second-order valence-electron chi connectivity index (χ2n) is 4.75. The van der Waals surface area contributed by atoms with E-state index in [4.69, 9.17) is 4.74 Å². The Morgan fingerprint density at radius 3 is 2.35 bits per heavy atom. The highest BCUT2D eigenvalue weighted by atomic mass is 16.5. The van der Waals surface area contributed by atoms with Gasteiger partial charge in [-0.25, -0.2) is 4.79 Å². The fourth-order valence-electron chi connectivity index (χ4n) is 1.97. The Bertz CT molecular complexity index is 680. The molecule has 0 aliphatic rings. The van der Waals surface area contributed by atoms with Gasteiger partial charge in [0.2, 0.25) is 0 Å². The van der Waals surface area contributed by atoms with E-state index < -0.39 is 5.97 Å². The summed E-state index contributed by atoms with van der Waals surface area (Å²) in [5.74, 6) is -0.910. The molecule has 2 aromatic carbocycles. The van der Waals surface area contributed by atoms with E-state index in [0.717, 1.165) is 0 Å². The molecule has 0 bridgehead atoms. The molecule has 0 radical (unpaired) electrons. The number of phenols is 1. The Morgan fingerprint density at radius 2 is 1.74 bits per heavy atom. The van der Waals surface area contributed by atoms with Gasteiger partial charge >= 0.3 is 5.97 Å². The summed E-state index contributed by atoms with van der Waals surface area (Å²) >= 11 is 0. The minimum absolute atomic E-state index is 0.0545. The van der Waals surface area contributed by atoms with Crippen LogP contribution in [0.1, 0.15) is 10.4 Å². The van der Waals surface area contributed by atoms with E-state index in [-0.39, 0.29) is 23.8 Å². The molecule has 0 fully saturated rings. The standard InChI is InChI=1S/C18H17NO4/c1-2-12-19(15-6-4-3-5-7-15)17(21)13-23-18(22)14-8-10-16(20)11-9-14/h2-11,20H,1,12-13H2. The fourth-order valence-corrected chi connectivity index (χ4v) is 1.97. The first-order valence-electron chi connectivity index (χ1n) is 7.04. The van der Waals surface area contributed by atoms with Crippen LogP contribution in [0.3, 0.4) is 0 Å². The van der Waals surface area contributed by atoms with Crippen molar-refractivity contribution in [1.29, 1.82) is 0 Å². The number of carbonyl (C=O) groups excluding carboxylic acids is 2. The molecule has 0 heterocycles. The molecule has 0 aliphatic heterocycles. The van der Waals surface area contributed by atoms with Crippen molar-refractivity contribution in [3.63, 3.8) is 0 Å². The second-order valence-corrected chi connectivity index (χ2v) is 4.75. The molecular formula is C18H17NO4. The van der Waals surface area contributed by atoms with Gasteiger partial charge < -0.3 is 14.7 Å². The zero-order chi connectivity index (χ0) is 16.7. The summed E-state index contributed by atoms with van der Waals surface area (Å²) in [5.41, 5.74) is 0.976. The third-order valence-electron chi connectivity index (χ3n) is 3.11. The van der Waals surface area contributed by atoms with E-state index in [1.54, 1.807) is 18.2 Å². The summed E-state index contributed by atoms with van der Waals surface area (Å²) in [6.07, 6.45) is 1.60. The van der Waals surface area contributed by atoms with Gasteiger partial charge in [-0.15, -0.1) is 6.58 Å². The van der Waals surface area contributed by atoms with E-state index in [9.17, 15) is 14.7 Å². The normalized spacial score (nSPS) is 9.91. The number of carbonyl (C=O) groups is 2. The van der Waals surface area contributed by atoms with Crippen LogP contribution in [0.15, 0.2) is 67.3 Å². The number of esters is 1. The van der Waals surface area contributed by atoms with Gasteiger partial charge in [0, 0.05) is 12.2 Å². The molecule has 2 rings (SSSR count). The molecule has 0 saturated heterocycles. The number of amides is 1. The molecule has 5 heteroatoms. The first-order chi connectivity index (χ1) is 11.1. The average molecular weight is 311 g/mol. The SMILES string of the molecule is C=CCN(C(=O)COC(=O)c1ccc(O)cc1)c1ccccc1. The van der Waals surface area contributed by atoms with Crippen LogP contribution in [-0.4, -0.2) is 30.1 Å². The van der Waals surface area contributed by atoms with Gasteiger partial charge in [-0.1, -0.05) is 24.3 Å². The molecule has 118 valence electrons. The zero-order valence-corrected chi connectivity index (χ0v) is 12.5. The van der Waals surface area contributed by atoms with Gasteiger partial charge in [-0.05, 0) is 36.4 Å². The summed E-state index contributed by atoms with van der Waals surface area (Å²) in [6.45, 7) is 3.58. The predicted molar refractivity (Wildman–Crippen MR) is 87.4 cm³/mol. The lowest BCUT2D eigenvalue weighted by Crippen LogP contribution is -2.34. The number of hydrogen-bond acceptors (Lipinski definition) is 4. The van der Waals surface area contributed by atoms with Gasteiger partial charge in [0.15, 0.2) is 6.61 Å². The number of para-hydroxylation sites is 1. The number of nitrogens with zero attached hydrogens (tertiary/aromatic N) is 1. The maximum atomic E-state index is 12.3. The van der Waals surface area contributed by atoms with E-state index in [2.05, 4.69) is 6.58 Å². The quantitative estimate of drug-likeness (QED) is 0.658. The summed E-state index contributed by atoms with van der Waals surface area (Å²) in [7, 11) is 0. The molecule has 2 aromatic rings. The molecular weight excluding hydrogens is 294 g/mol. The van der Waals surface area contributed by atoms with E-state index in [1.165, 1.54) is 29.2 Å². The van der Waals surface area contributed by atoms with Crippen molar-refractivity contribution in [2.75, 3.05) is 18.1 Å². The minimum Gasteiger partial charge on any atom is -0.508 e. The van der Waals surface area contributed by atoms with Gasteiger partial charge in [-0.2, -0.15) is 0 Å². The van der Waals surface area contributed by atoms with Gasteiger partial charge in [0.25, 0.3) is 5.91 Å². The third-order valence-corrected chi connectivity index (χ3v) is 3.11. The van der Waals surface area contributed by atoms with Gasteiger partial charge in [0.1, 0.15) is 5.75 Å². The molecule has 1 N–H and O–H groups in total. The molecule has 0 atom stereocenters. The van der Waals surface area contributed by atoms with Crippen molar-refractivity contribution >= 4 is 17.6 Å². The van der Waals surface area contributed by atoms with E-state index in [1.807, 2.05) is 18.2 Å². The largest absolute Gasteiger partial charge is 0.508 e. The Kier molecular flexibility index (Phi) is 5.52. The lowest BCUT2D eigenvalue weighted by Gasteiger charge is -2.21. The monoisotopic (exact) mass is 311 g/mol. The lowest BCUT2D eigenvalue weighted by molar-refractivity contribution is -0.121. The van der Waals surface area contributed by atoms with Gasteiger partial charge in [0.05, 0.1) is 5.56 Å². The topological polar surface area (TPSA) is 66.8 Å². The molecule has 1 amide bonds. The fraction of sp³-hybridized carbons (Fsp3) is 0.111. The number of ether oxygens (including phenoxy) is 1. The molecule has 0 saturated carbocycles. The molecule has 0 aliphatic carbocycles. The number of rotatable bonds is 6. The third kappa shape index (κ3) is 4.44.